The monoisotopic (exact) mass is 413 g/mol. The lowest BCUT2D eigenvalue weighted by atomic mass is 10.1. The van der Waals surface area contributed by atoms with E-state index in [9.17, 15) is 0 Å². The fraction of sp³-hybridized carbons (Fsp3) is 0.364. The van der Waals surface area contributed by atoms with Gasteiger partial charge in [-0.05, 0) is 56.2 Å². The van der Waals surface area contributed by atoms with Crippen LogP contribution >= 0.6 is 11.8 Å². The molecule has 0 unspecified atom stereocenters. The summed E-state index contributed by atoms with van der Waals surface area (Å²) in [6.07, 6.45) is 0. The van der Waals surface area contributed by atoms with Crippen LogP contribution in [-0.2, 0) is 13.2 Å². The number of ether oxygens (including phenoxy) is 3. The van der Waals surface area contributed by atoms with E-state index in [2.05, 4.69) is 47.7 Å². The molecule has 0 spiro atoms. The maximum absolute atomic E-state index is 6.04. The van der Waals surface area contributed by atoms with Crippen LogP contribution < -0.4 is 14.2 Å². The summed E-state index contributed by atoms with van der Waals surface area (Å²) in [7, 11) is 1.65. The van der Waals surface area contributed by atoms with Gasteiger partial charge in [-0.2, -0.15) is 0 Å². The molecule has 0 radical (unpaired) electrons. The molecule has 0 atom stereocenters. The molecule has 0 N–H and O–H groups in total. The van der Waals surface area contributed by atoms with Gasteiger partial charge in [0.05, 0.1) is 13.7 Å². The fourth-order valence-corrected chi connectivity index (χ4v) is 3.82. The number of aromatic nitrogens is 3. The molecule has 0 fully saturated rings. The maximum atomic E-state index is 6.04. The lowest BCUT2D eigenvalue weighted by Gasteiger charge is -2.12. The molecule has 7 heteroatoms. The predicted octanol–water partition coefficient (Wildman–Crippen LogP) is 4.67. The van der Waals surface area contributed by atoms with Crippen molar-refractivity contribution in [2.45, 2.75) is 39.1 Å². The van der Waals surface area contributed by atoms with Gasteiger partial charge in [0.2, 0.25) is 0 Å². The van der Waals surface area contributed by atoms with Crippen molar-refractivity contribution in [3.05, 3.63) is 59.4 Å². The molecule has 154 valence electrons. The summed E-state index contributed by atoms with van der Waals surface area (Å²) in [5, 5.41) is 9.55. The Labute approximate surface area is 176 Å². The third kappa shape index (κ3) is 5.44. The van der Waals surface area contributed by atoms with Crippen molar-refractivity contribution in [1.82, 2.24) is 14.8 Å². The second-order valence-electron chi connectivity index (χ2n) is 6.53. The molecule has 29 heavy (non-hydrogen) atoms. The summed E-state index contributed by atoms with van der Waals surface area (Å²) in [5.74, 6) is 4.17. The van der Waals surface area contributed by atoms with Gasteiger partial charge in [-0.15, -0.1) is 10.2 Å². The Morgan fingerprint density at radius 1 is 0.931 bits per heavy atom. The predicted molar refractivity (Wildman–Crippen MR) is 115 cm³/mol. The highest BCUT2D eigenvalue weighted by molar-refractivity contribution is 7.99. The van der Waals surface area contributed by atoms with E-state index in [-0.39, 0.29) is 0 Å². The lowest BCUT2D eigenvalue weighted by Crippen LogP contribution is -2.08. The largest absolute Gasteiger partial charge is 0.497 e. The Morgan fingerprint density at radius 2 is 1.62 bits per heavy atom. The van der Waals surface area contributed by atoms with Gasteiger partial charge in [-0.3, -0.25) is 0 Å². The molecular formula is C22H27N3O3S. The molecule has 0 amide bonds. The summed E-state index contributed by atoms with van der Waals surface area (Å²) in [5.41, 5.74) is 2.25. The zero-order valence-corrected chi connectivity index (χ0v) is 18.2. The van der Waals surface area contributed by atoms with Gasteiger partial charge in [-0.1, -0.05) is 30.0 Å². The average molecular weight is 414 g/mol. The van der Waals surface area contributed by atoms with E-state index in [1.165, 1.54) is 0 Å². The Hall–Kier alpha value is -2.67. The smallest absolute Gasteiger partial charge is 0.191 e. The number of aryl methyl sites for hydroxylation is 2. The topological polar surface area (TPSA) is 58.4 Å². The zero-order chi connectivity index (χ0) is 20.6. The van der Waals surface area contributed by atoms with Gasteiger partial charge in [0.25, 0.3) is 0 Å². The van der Waals surface area contributed by atoms with Crippen molar-refractivity contribution in [2.24, 2.45) is 0 Å². The normalized spacial score (nSPS) is 10.8. The molecule has 6 nitrogen and oxygen atoms in total. The molecule has 1 heterocycles. The van der Waals surface area contributed by atoms with E-state index in [0.29, 0.717) is 13.2 Å². The second kappa shape index (κ2) is 10.2. The van der Waals surface area contributed by atoms with Crippen LogP contribution in [0.25, 0.3) is 0 Å². The first kappa shape index (κ1) is 21.0. The van der Waals surface area contributed by atoms with E-state index >= 15 is 0 Å². The number of benzene rings is 2. The van der Waals surface area contributed by atoms with E-state index in [4.69, 9.17) is 14.2 Å². The SMILES string of the molecule is CCn1c(COc2c(C)cccc2C)nnc1SCCOc1ccc(OC)cc1. The van der Waals surface area contributed by atoms with Crippen molar-refractivity contribution in [1.29, 1.82) is 0 Å². The van der Waals surface area contributed by atoms with Crippen LogP contribution in [0.3, 0.4) is 0 Å². The molecule has 3 aromatic rings. The van der Waals surface area contributed by atoms with Crippen LogP contribution in [0.1, 0.15) is 23.9 Å². The highest BCUT2D eigenvalue weighted by Gasteiger charge is 2.13. The molecule has 0 saturated heterocycles. The van der Waals surface area contributed by atoms with Gasteiger partial charge in [0, 0.05) is 12.3 Å². The van der Waals surface area contributed by atoms with E-state index < -0.39 is 0 Å². The van der Waals surface area contributed by atoms with Crippen LogP contribution in [0.2, 0.25) is 0 Å². The van der Waals surface area contributed by atoms with E-state index in [1.807, 2.05) is 30.3 Å². The molecule has 0 saturated carbocycles. The van der Waals surface area contributed by atoms with Crippen molar-refractivity contribution < 1.29 is 14.2 Å². The molecule has 0 aliphatic rings. The summed E-state index contributed by atoms with van der Waals surface area (Å²) < 4.78 is 19.1. The quantitative estimate of drug-likeness (QED) is 0.355. The van der Waals surface area contributed by atoms with Gasteiger partial charge in [0.1, 0.15) is 23.9 Å². The zero-order valence-electron chi connectivity index (χ0n) is 17.3. The first-order valence-electron chi connectivity index (χ1n) is 9.63. The van der Waals surface area contributed by atoms with Crippen LogP contribution in [-0.4, -0.2) is 34.2 Å². The van der Waals surface area contributed by atoms with Crippen molar-refractivity contribution in [3.63, 3.8) is 0 Å². The summed E-state index contributed by atoms with van der Waals surface area (Å²) in [4.78, 5) is 0. The van der Waals surface area contributed by atoms with Crippen LogP contribution in [0.15, 0.2) is 47.6 Å². The summed E-state index contributed by atoms with van der Waals surface area (Å²) >= 11 is 1.63. The Bertz CT molecular complexity index is 905. The minimum absolute atomic E-state index is 0.398. The van der Waals surface area contributed by atoms with Crippen LogP contribution in [0.4, 0.5) is 0 Å². The molecule has 0 bridgehead atoms. The second-order valence-corrected chi connectivity index (χ2v) is 7.59. The highest BCUT2D eigenvalue weighted by atomic mass is 32.2. The number of hydrogen-bond acceptors (Lipinski definition) is 6. The standard InChI is InChI=1S/C22H27N3O3S/c1-5-25-20(15-28-21-16(2)7-6-8-17(21)3)23-24-22(25)29-14-13-27-19-11-9-18(26-4)10-12-19/h6-12H,5,13-15H2,1-4H3. The van der Waals surface area contributed by atoms with Gasteiger partial charge in [0.15, 0.2) is 11.0 Å². The first-order chi connectivity index (χ1) is 14.1. The molecular weight excluding hydrogens is 386 g/mol. The summed E-state index contributed by atoms with van der Waals surface area (Å²) in [6, 6.07) is 13.7. The maximum Gasteiger partial charge on any atom is 0.191 e. The molecule has 3 rings (SSSR count). The minimum atomic E-state index is 0.398. The first-order valence-corrected chi connectivity index (χ1v) is 10.6. The number of para-hydroxylation sites is 1. The van der Waals surface area contributed by atoms with Crippen molar-refractivity contribution in [2.75, 3.05) is 19.5 Å². The number of methoxy groups -OCH3 is 1. The third-order valence-electron chi connectivity index (χ3n) is 4.51. The molecule has 0 aliphatic carbocycles. The molecule has 2 aromatic carbocycles. The van der Waals surface area contributed by atoms with Crippen LogP contribution in [0.5, 0.6) is 17.2 Å². The Morgan fingerprint density at radius 3 is 2.28 bits per heavy atom. The highest BCUT2D eigenvalue weighted by Crippen LogP contribution is 2.24. The van der Waals surface area contributed by atoms with Crippen molar-refractivity contribution >= 4 is 11.8 Å². The number of thioether (sulfide) groups is 1. The Balaban J connectivity index is 1.53. The molecule has 0 aliphatic heterocycles. The average Bonchev–Trinajstić information content (AvgIpc) is 3.13. The van der Waals surface area contributed by atoms with Crippen molar-refractivity contribution in [3.8, 4) is 17.2 Å². The van der Waals surface area contributed by atoms with E-state index in [1.54, 1.807) is 18.9 Å². The Kier molecular flexibility index (Phi) is 7.41. The van der Waals surface area contributed by atoms with Gasteiger partial charge >= 0.3 is 0 Å². The van der Waals surface area contributed by atoms with E-state index in [0.717, 1.165) is 51.7 Å². The molecule has 1 aromatic heterocycles. The number of hydrogen-bond donors (Lipinski definition) is 0. The minimum Gasteiger partial charge on any atom is -0.497 e. The fourth-order valence-electron chi connectivity index (χ4n) is 2.98. The third-order valence-corrected chi connectivity index (χ3v) is 5.44. The number of nitrogens with zero attached hydrogens (tertiary/aromatic N) is 3. The number of rotatable bonds is 10. The summed E-state index contributed by atoms with van der Waals surface area (Å²) in [6.45, 7) is 7.97. The van der Waals surface area contributed by atoms with Crippen LogP contribution in [0, 0.1) is 13.8 Å². The van der Waals surface area contributed by atoms with Gasteiger partial charge in [-0.25, -0.2) is 0 Å². The lowest BCUT2D eigenvalue weighted by molar-refractivity contribution is 0.284. The van der Waals surface area contributed by atoms with Gasteiger partial charge < -0.3 is 18.8 Å².